The van der Waals surface area contributed by atoms with Crippen molar-refractivity contribution < 1.29 is 13.2 Å². The third-order valence-electron chi connectivity index (χ3n) is 1.72. The Morgan fingerprint density at radius 1 is 1.29 bits per heavy atom. The van der Waals surface area contributed by atoms with Gasteiger partial charge in [-0.15, -0.1) is 6.58 Å². The van der Waals surface area contributed by atoms with Crippen LogP contribution in [0, 0.1) is 0 Å². The SMILES string of the molecule is C=CCS(=O)(=O)c1ccccc1C=O. The first-order valence-corrected chi connectivity index (χ1v) is 5.65. The molecule has 0 fully saturated rings. The molecule has 0 N–H and O–H groups in total. The minimum absolute atomic E-state index is 0.0647. The zero-order chi connectivity index (χ0) is 10.6. The van der Waals surface area contributed by atoms with Gasteiger partial charge < -0.3 is 0 Å². The molecule has 74 valence electrons. The van der Waals surface area contributed by atoms with Gasteiger partial charge in [0.15, 0.2) is 16.1 Å². The van der Waals surface area contributed by atoms with Gasteiger partial charge in [0, 0.05) is 5.56 Å². The largest absolute Gasteiger partial charge is 0.298 e. The third kappa shape index (κ3) is 2.09. The lowest BCUT2D eigenvalue weighted by atomic mass is 10.2. The number of benzene rings is 1. The molecular weight excluding hydrogens is 200 g/mol. The lowest BCUT2D eigenvalue weighted by Crippen LogP contribution is -2.07. The number of sulfone groups is 1. The summed E-state index contributed by atoms with van der Waals surface area (Å²) in [5.74, 6) is -0.155. The molecule has 3 nitrogen and oxygen atoms in total. The Kier molecular flexibility index (Phi) is 3.19. The molecule has 0 unspecified atom stereocenters. The minimum atomic E-state index is -3.40. The molecule has 0 bridgehead atoms. The molecule has 0 saturated heterocycles. The molecule has 14 heavy (non-hydrogen) atoms. The standard InChI is InChI=1S/C10H10O3S/c1-2-7-14(12,13)10-6-4-3-5-9(10)8-11/h2-6,8H,1,7H2. The first-order chi connectivity index (χ1) is 6.61. The topological polar surface area (TPSA) is 51.2 Å². The van der Waals surface area contributed by atoms with Crippen LogP contribution in [0.3, 0.4) is 0 Å². The second-order valence-corrected chi connectivity index (χ2v) is 4.73. The average molecular weight is 210 g/mol. The van der Waals surface area contributed by atoms with Crippen molar-refractivity contribution in [2.24, 2.45) is 0 Å². The number of hydrogen-bond donors (Lipinski definition) is 0. The molecule has 0 atom stereocenters. The predicted molar refractivity (Wildman–Crippen MR) is 54.1 cm³/mol. The van der Waals surface area contributed by atoms with Gasteiger partial charge in [-0.3, -0.25) is 4.79 Å². The van der Waals surface area contributed by atoms with E-state index < -0.39 is 9.84 Å². The van der Waals surface area contributed by atoms with Crippen molar-refractivity contribution in [3.8, 4) is 0 Å². The average Bonchev–Trinajstić information content (AvgIpc) is 2.18. The van der Waals surface area contributed by atoms with E-state index in [4.69, 9.17) is 0 Å². The summed E-state index contributed by atoms with van der Waals surface area (Å²) in [7, 11) is -3.40. The van der Waals surface area contributed by atoms with E-state index in [1.165, 1.54) is 18.2 Å². The zero-order valence-corrected chi connectivity index (χ0v) is 8.33. The molecular formula is C10H10O3S. The minimum Gasteiger partial charge on any atom is -0.298 e. The second kappa shape index (κ2) is 4.19. The monoisotopic (exact) mass is 210 g/mol. The highest BCUT2D eigenvalue weighted by Crippen LogP contribution is 2.15. The van der Waals surface area contributed by atoms with Crippen molar-refractivity contribution in [1.29, 1.82) is 0 Å². The summed E-state index contributed by atoms with van der Waals surface area (Å²) in [5, 5.41) is 0. The van der Waals surface area contributed by atoms with Gasteiger partial charge in [-0.2, -0.15) is 0 Å². The highest BCUT2D eigenvalue weighted by Gasteiger charge is 2.15. The first-order valence-electron chi connectivity index (χ1n) is 3.99. The third-order valence-corrected chi connectivity index (χ3v) is 3.43. The van der Waals surface area contributed by atoms with E-state index in [2.05, 4.69) is 6.58 Å². The van der Waals surface area contributed by atoms with Crippen molar-refractivity contribution >= 4 is 16.1 Å². The number of aldehydes is 1. The normalized spacial score (nSPS) is 10.9. The molecule has 0 saturated carbocycles. The van der Waals surface area contributed by atoms with Gasteiger partial charge in [-0.05, 0) is 6.07 Å². The van der Waals surface area contributed by atoms with E-state index in [1.807, 2.05) is 0 Å². The summed E-state index contributed by atoms with van der Waals surface area (Å²) >= 11 is 0. The van der Waals surface area contributed by atoms with E-state index in [-0.39, 0.29) is 16.2 Å². The number of carbonyl (C=O) groups is 1. The molecule has 0 amide bonds. The summed E-state index contributed by atoms with van der Waals surface area (Å²) in [6, 6.07) is 6.10. The zero-order valence-electron chi connectivity index (χ0n) is 7.51. The maximum absolute atomic E-state index is 11.6. The van der Waals surface area contributed by atoms with Crippen molar-refractivity contribution in [2.75, 3.05) is 5.75 Å². The molecule has 0 radical (unpaired) electrons. The maximum Gasteiger partial charge on any atom is 0.182 e. The van der Waals surface area contributed by atoms with E-state index in [9.17, 15) is 13.2 Å². The van der Waals surface area contributed by atoms with Crippen LogP contribution in [-0.4, -0.2) is 20.5 Å². The van der Waals surface area contributed by atoms with Crippen LogP contribution < -0.4 is 0 Å². The van der Waals surface area contributed by atoms with Gasteiger partial charge in [-0.25, -0.2) is 8.42 Å². The number of hydrogen-bond acceptors (Lipinski definition) is 3. The fourth-order valence-electron chi connectivity index (χ4n) is 1.11. The van der Waals surface area contributed by atoms with E-state index in [0.29, 0.717) is 6.29 Å². The lowest BCUT2D eigenvalue weighted by Gasteiger charge is -2.03. The van der Waals surface area contributed by atoms with E-state index >= 15 is 0 Å². The quantitative estimate of drug-likeness (QED) is 0.558. The molecule has 0 aliphatic rings. The van der Waals surface area contributed by atoms with Crippen molar-refractivity contribution in [3.05, 3.63) is 42.5 Å². The fourth-order valence-corrected chi connectivity index (χ4v) is 2.36. The molecule has 1 aromatic carbocycles. The maximum atomic E-state index is 11.6. The number of carbonyl (C=O) groups excluding carboxylic acids is 1. The van der Waals surface area contributed by atoms with Gasteiger partial charge in [0.2, 0.25) is 0 Å². The van der Waals surface area contributed by atoms with Crippen LogP contribution in [0.15, 0.2) is 41.8 Å². The molecule has 0 aliphatic heterocycles. The molecule has 1 aromatic rings. The Bertz CT molecular complexity index is 446. The summed E-state index contributed by atoms with van der Waals surface area (Å²) in [5.41, 5.74) is 0.189. The van der Waals surface area contributed by atoms with Crippen LogP contribution in [0.25, 0.3) is 0 Å². The van der Waals surface area contributed by atoms with Gasteiger partial charge in [0.05, 0.1) is 10.6 Å². The Balaban J connectivity index is 3.31. The molecule has 0 heterocycles. The summed E-state index contributed by atoms with van der Waals surface area (Å²) in [4.78, 5) is 10.7. The van der Waals surface area contributed by atoms with Gasteiger partial charge >= 0.3 is 0 Å². The van der Waals surface area contributed by atoms with Gasteiger partial charge in [-0.1, -0.05) is 24.3 Å². The lowest BCUT2D eigenvalue weighted by molar-refractivity contribution is 0.112. The molecule has 0 aliphatic carbocycles. The Morgan fingerprint density at radius 2 is 1.93 bits per heavy atom. The first kappa shape index (κ1) is 10.7. The molecule has 0 aromatic heterocycles. The van der Waals surface area contributed by atoms with Crippen molar-refractivity contribution in [2.45, 2.75) is 4.90 Å². The highest BCUT2D eigenvalue weighted by molar-refractivity contribution is 7.91. The van der Waals surface area contributed by atoms with Crippen molar-refractivity contribution in [1.82, 2.24) is 0 Å². The van der Waals surface area contributed by atoms with Crippen LogP contribution in [0.2, 0.25) is 0 Å². The van der Waals surface area contributed by atoms with Gasteiger partial charge in [0.25, 0.3) is 0 Å². The summed E-state index contributed by atoms with van der Waals surface area (Å²) in [6.07, 6.45) is 1.84. The smallest absolute Gasteiger partial charge is 0.182 e. The summed E-state index contributed by atoms with van der Waals surface area (Å²) < 4.78 is 23.2. The van der Waals surface area contributed by atoms with Crippen molar-refractivity contribution in [3.63, 3.8) is 0 Å². The summed E-state index contributed by atoms with van der Waals surface area (Å²) in [6.45, 7) is 3.36. The highest BCUT2D eigenvalue weighted by atomic mass is 32.2. The number of rotatable bonds is 4. The van der Waals surface area contributed by atoms with Crippen LogP contribution >= 0.6 is 0 Å². The van der Waals surface area contributed by atoms with Crippen LogP contribution in [0.4, 0.5) is 0 Å². The Morgan fingerprint density at radius 3 is 2.50 bits per heavy atom. The van der Waals surface area contributed by atoms with E-state index in [0.717, 1.165) is 0 Å². The fraction of sp³-hybridized carbons (Fsp3) is 0.100. The van der Waals surface area contributed by atoms with E-state index in [1.54, 1.807) is 12.1 Å². The second-order valence-electron chi connectivity index (χ2n) is 2.73. The predicted octanol–water partition coefficient (Wildman–Crippen LogP) is 1.46. The van der Waals surface area contributed by atoms with Crippen LogP contribution in [0.1, 0.15) is 10.4 Å². The Labute approximate surface area is 83.0 Å². The van der Waals surface area contributed by atoms with Crippen LogP contribution in [-0.2, 0) is 9.84 Å². The molecule has 0 spiro atoms. The van der Waals surface area contributed by atoms with Crippen LogP contribution in [0.5, 0.6) is 0 Å². The molecule has 4 heteroatoms. The van der Waals surface area contributed by atoms with Gasteiger partial charge in [0.1, 0.15) is 0 Å². The molecule has 1 rings (SSSR count). The Hall–Kier alpha value is -1.42.